The molecule has 5 unspecified atom stereocenters. The summed E-state index contributed by atoms with van der Waals surface area (Å²) in [6.45, 7) is 5.34. The maximum absolute atomic E-state index is 14.6. The number of carbonyl (C=O) groups excluding carboxylic acids is 4. The van der Waals surface area contributed by atoms with Gasteiger partial charge in [-0.05, 0) is 84.3 Å². The maximum atomic E-state index is 14.6. The Kier molecular flexibility index (Phi) is 10.7. The van der Waals surface area contributed by atoms with Crippen LogP contribution < -0.4 is 24.9 Å². The van der Waals surface area contributed by atoms with E-state index in [-0.39, 0.29) is 25.8 Å². The number of carbonyl (C=O) groups is 4. The van der Waals surface area contributed by atoms with Crippen LogP contribution in [0.4, 0.5) is 4.79 Å². The van der Waals surface area contributed by atoms with Crippen LogP contribution in [0.2, 0.25) is 0 Å². The van der Waals surface area contributed by atoms with Crippen molar-refractivity contribution in [1.82, 2.24) is 25.5 Å². The van der Waals surface area contributed by atoms with Gasteiger partial charge in [0.05, 0.1) is 35.4 Å². The third-order valence-electron chi connectivity index (χ3n) is 10.7. The van der Waals surface area contributed by atoms with Crippen LogP contribution in [0.5, 0.6) is 11.5 Å². The number of hydrazine groups is 1. The number of benzene rings is 2. The van der Waals surface area contributed by atoms with Gasteiger partial charge in [-0.25, -0.2) is 23.6 Å². The van der Waals surface area contributed by atoms with E-state index in [1.807, 2.05) is 60.7 Å². The van der Waals surface area contributed by atoms with Crippen molar-refractivity contribution in [1.29, 1.82) is 0 Å². The van der Waals surface area contributed by atoms with Gasteiger partial charge in [0.25, 0.3) is 5.91 Å². The summed E-state index contributed by atoms with van der Waals surface area (Å²) in [5, 5.41) is 4.21. The minimum Gasteiger partial charge on any atom is -0.497 e. The molecule has 56 heavy (non-hydrogen) atoms. The summed E-state index contributed by atoms with van der Waals surface area (Å²) < 4.78 is 45.6. The average Bonchev–Trinajstić information content (AvgIpc) is 4.08. The number of allylic oxidation sites excluding steroid dienone is 1. The molecule has 0 spiro atoms. The van der Waals surface area contributed by atoms with Gasteiger partial charge in [-0.3, -0.25) is 24.1 Å². The Morgan fingerprint density at radius 2 is 1.75 bits per heavy atom. The highest BCUT2D eigenvalue weighted by molar-refractivity contribution is 7.91. The second-order valence-corrected chi connectivity index (χ2v) is 18.1. The summed E-state index contributed by atoms with van der Waals surface area (Å²) in [7, 11) is -2.32. The van der Waals surface area contributed by atoms with Gasteiger partial charge >= 0.3 is 6.09 Å². The highest BCUT2D eigenvalue weighted by Gasteiger charge is 2.62. The number of sulfonamides is 1. The number of rotatable bonds is 8. The first-order valence-corrected chi connectivity index (χ1v) is 20.8. The molecule has 4 aliphatic rings. The SMILES string of the molecule is COc1ccc2c(OC3CC4C(=O)NC5(C(=O)NS(=O)(=O)C6CC6)CC5/C=C\CCCCN(NC(=O)OC(C)(C)C)C(=O)C4C3)cc(-c3ccccc3)nc2c1. The van der Waals surface area contributed by atoms with E-state index in [0.29, 0.717) is 60.2 Å². The van der Waals surface area contributed by atoms with Gasteiger partial charge in [-0.2, -0.15) is 0 Å². The quantitative estimate of drug-likeness (QED) is 0.258. The van der Waals surface area contributed by atoms with Gasteiger partial charge in [-0.15, -0.1) is 0 Å². The van der Waals surface area contributed by atoms with Crippen molar-refractivity contribution >= 4 is 44.7 Å². The Labute approximate surface area is 326 Å². The number of amides is 4. The van der Waals surface area contributed by atoms with Gasteiger partial charge < -0.3 is 19.5 Å². The van der Waals surface area contributed by atoms with Crippen molar-refractivity contribution in [2.75, 3.05) is 13.7 Å². The van der Waals surface area contributed by atoms with Crippen molar-refractivity contribution in [2.24, 2.45) is 17.8 Å². The van der Waals surface area contributed by atoms with Crippen LogP contribution in [-0.4, -0.2) is 78.4 Å². The molecule has 5 atom stereocenters. The van der Waals surface area contributed by atoms with E-state index in [1.165, 1.54) is 5.01 Å². The lowest BCUT2D eigenvalue weighted by Gasteiger charge is -2.30. The predicted molar refractivity (Wildman–Crippen MR) is 207 cm³/mol. The first kappa shape index (κ1) is 39.1. The molecule has 2 aromatic carbocycles. The van der Waals surface area contributed by atoms with Gasteiger partial charge in [0.15, 0.2) is 0 Å². The number of hydrogen-bond donors (Lipinski definition) is 3. The smallest absolute Gasteiger partial charge is 0.426 e. The molecule has 1 aliphatic heterocycles. The van der Waals surface area contributed by atoms with E-state index < -0.39 is 74.1 Å². The molecular formula is C41H49N5O9S. The summed E-state index contributed by atoms with van der Waals surface area (Å²) in [5.41, 5.74) is 2.45. The third kappa shape index (κ3) is 8.62. The molecule has 3 aliphatic carbocycles. The second kappa shape index (κ2) is 15.4. The molecule has 4 amide bonds. The molecule has 3 saturated carbocycles. The molecule has 2 heterocycles. The number of hydrogen-bond acceptors (Lipinski definition) is 10. The molecule has 3 fully saturated rings. The van der Waals surface area contributed by atoms with Crippen LogP contribution in [0.25, 0.3) is 22.2 Å². The fraction of sp³-hybridized carbons (Fsp3) is 0.488. The number of methoxy groups -OCH3 is 1. The molecule has 0 saturated heterocycles. The lowest BCUT2D eigenvalue weighted by Crippen LogP contribution is -2.55. The fourth-order valence-electron chi connectivity index (χ4n) is 7.59. The molecule has 0 radical (unpaired) electrons. The molecule has 3 N–H and O–H groups in total. The molecular weight excluding hydrogens is 739 g/mol. The number of ether oxygens (including phenoxy) is 3. The Balaban J connectivity index is 1.22. The van der Waals surface area contributed by atoms with Crippen molar-refractivity contribution in [3.05, 3.63) is 66.7 Å². The van der Waals surface area contributed by atoms with Crippen LogP contribution >= 0.6 is 0 Å². The standard InChI is InChI=1S/C41H49N5O9S/c1-40(2,3)55-39(50)44-46-19-11-6-5-10-14-26-24-41(26,38(49)45-56(51,52)29-16-17-29)43-36(47)31-20-28(21-32(31)37(46)48)54-35-23-33(25-12-8-7-9-13-25)42-34-22-27(53-4)15-18-30(34)35/h7-10,12-15,18,22-23,26,28-29,31-32H,5-6,11,16-17,19-21,24H2,1-4H3,(H,43,47)(H,44,50)(H,45,49)/b14-10-. The van der Waals surface area contributed by atoms with Gasteiger partial charge in [0, 0.05) is 35.5 Å². The molecule has 3 aromatic rings. The number of pyridine rings is 1. The highest BCUT2D eigenvalue weighted by atomic mass is 32.2. The van der Waals surface area contributed by atoms with Crippen molar-refractivity contribution in [3.63, 3.8) is 0 Å². The van der Waals surface area contributed by atoms with Crippen LogP contribution in [-0.2, 0) is 29.1 Å². The summed E-state index contributed by atoms with van der Waals surface area (Å²) in [4.78, 5) is 60.7. The molecule has 15 heteroatoms. The predicted octanol–water partition coefficient (Wildman–Crippen LogP) is 5.18. The zero-order valence-electron chi connectivity index (χ0n) is 32.1. The molecule has 298 valence electrons. The largest absolute Gasteiger partial charge is 0.497 e. The lowest BCUT2D eigenvalue weighted by molar-refractivity contribution is -0.144. The average molecular weight is 788 g/mol. The van der Waals surface area contributed by atoms with Gasteiger partial charge in [0.2, 0.25) is 21.8 Å². The number of nitrogens with one attached hydrogen (secondary N) is 3. The minimum atomic E-state index is -3.89. The number of nitrogens with zero attached hydrogens (tertiary/aromatic N) is 2. The van der Waals surface area contributed by atoms with E-state index in [2.05, 4.69) is 15.5 Å². The van der Waals surface area contributed by atoms with Crippen LogP contribution in [0.3, 0.4) is 0 Å². The Hall–Kier alpha value is -5.18. The van der Waals surface area contributed by atoms with Crippen LogP contribution in [0.15, 0.2) is 66.7 Å². The zero-order valence-corrected chi connectivity index (χ0v) is 32.9. The first-order valence-electron chi connectivity index (χ1n) is 19.2. The second-order valence-electron chi connectivity index (χ2n) is 16.2. The van der Waals surface area contributed by atoms with Crippen molar-refractivity contribution in [2.45, 2.75) is 94.6 Å². The normalized spacial score (nSPS) is 26.2. The molecule has 1 aromatic heterocycles. The monoisotopic (exact) mass is 787 g/mol. The lowest BCUT2D eigenvalue weighted by atomic mass is 9.93. The number of fused-ring (bicyclic) bond motifs is 3. The number of aromatic nitrogens is 1. The zero-order chi connectivity index (χ0) is 39.8. The van der Waals surface area contributed by atoms with E-state index in [4.69, 9.17) is 19.2 Å². The van der Waals surface area contributed by atoms with Crippen LogP contribution in [0, 0.1) is 17.8 Å². The summed E-state index contributed by atoms with van der Waals surface area (Å²) in [5.74, 6) is -3.13. The summed E-state index contributed by atoms with van der Waals surface area (Å²) in [6.07, 6.45) is 5.47. The fourth-order valence-corrected chi connectivity index (χ4v) is 8.95. The molecule has 0 bridgehead atoms. The van der Waals surface area contributed by atoms with Gasteiger partial charge in [-0.1, -0.05) is 42.5 Å². The summed E-state index contributed by atoms with van der Waals surface area (Å²) >= 11 is 0. The van der Waals surface area contributed by atoms with Crippen LogP contribution in [0.1, 0.15) is 72.1 Å². The maximum Gasteiger partial charge on any atom is 0.426 e. The van der Waals surface area contributed by atoms with Crippen molar-refractivity contribution in [3.8, 4) is 22.8 Å². The first-order chi connectivity index (χ1) is 26.7. The highest BCUT2D eigenvalue weighted by Crippen LogP contribution is 2.47. The van der Waals surface area contributed by atoms with Gasteiger partial charge in [0.1, 0.15) is 28.7 Å². The molecule has 7 rings (SSSR count). The topological polar surface area (TPSA) is 182 Å². The van der Waals surface area contributed by atoms with E-state index in [0.717, 1.165) is 5.56 Å². The summed E-state index contributed by atoms with van der Waals surface area (Å²) in [6, 6.07) is 16.9. The molecule has 14 nitrogen and oxygen atoms in total. The Bertz CT molecular complexity index is 2150. The third-order valence-corrected chi connectivity index (χ3v) is 12.6. The van der Waals surface area contributed by atoms with Crippen molar-refractivity contribution < 1.29 is 41.8 Å². The minimum absolute atomic E-state index is 0.0989. The Morgan fingerprint density at radius 3 is 2.46 bits per heavy atom. The Morgan fingerprint density at radius 1 is 1.00 bits per heavy atom. The van der Waals surface area contributed by atoms with E-state index >= 15 is 0 Å². The van der Waals surface area contributed by atoms with E-state index in [9.17, 15) is 27.6 Å². The van der Waals surface area contributed by atoms with E-state index in [1.54, 1.807) is 33.9 Å².